The van der Waals surface area contributed by atoms with Crippen molar-refractivity contribution < 1.29 is 19.1 Å². The summed E-state index contributed by atoms with van der Waals surface area (Å²) in [6.45, 7) is 4.76. The first-order chi connectivity index (χ1) is 17.0. The maximum Gasteiger partial charge on any atom is 0.343 e. The predicted molar refractivity (Wildman–Crippen MR) is 145 cm³/mol. The Morgan fingerprint density at radius 1 is 0.743 bits per heavy atom. The quantitative estimate of drug-likeness (QED) is 0.115. The Morgan fingerprint density at radius 3 is 1.89 bits per heavy atom. The average Bonchev–Trinajstić information content (AvgIpc) is 2.88. The van der Waals surface area contributed by atoms with Crippen LogP contribution in [0.25, 0.3) is 11.1 Å². The van der Waals surface area contributed by atoms with Crippen molar-refractivity contribution in [3.63, 3.8) is 0 Å². The fourth-order valence-electron chi connectivity index (χ4n) is 3.75. The lowest BCUT2D eigenvalue weighted by atomic mass is 10.0. The first-order valence-electron chi connectivity index (χ1n) is 12.4. The Bertz CT molecular complexity index is 1070. The van der Waals surface area contributed by atoms with Gasteiger partial charge in [0.1, 0.15) is 11.5 Å². The monoisotopic (exact) mass is 490 g/mol. The zero-order chi connectivity index (χ0) is 25.0. The van der Waals surface area contributed by atoms with Gasteiger partial charge in [-0.05, 0) is 59.5 Å². The van der Waals surface area contributed by atoms with Crippen LogP contribution in [0.3, 0.4) is 0 Å². The Hall–Kier alpha value is -3.05. The molecular weight excluding hydrogens is 456 g/mol. The third-order valence-electron chi connectivity index (χ3n) is 6.04. The molecule has 5 heteroatoms. The molecule has 0 fully saturated rings. The van der Waals surface area contributed by atoms with Gasteiger partial charge in [0.05, 0.1) is 18.1 Å². The van der Waals surface area contributed by atoms with E-state index in [0.29, 0.717) is 11.3 Å². The van der Waals surface area contributed by atoms with E-state index >= 15 is 0 Å². The maximum absolute atomic E-state index is 12.5. The van der Waals surface area contributed by atoms with Crippen LogP contribution in [-0.4, -0.2) is 17.7 Å². The fraction of sp³-hybridized carbons (Fsp3) is 0.333. The van der Waals surface area contributed by atoms with Gasteiger partial charge in [0, 0.05) is 0 Å². The van der Waals surface area contributed by atoms with Crippen molar-refractivity contribution in [2.45, 2.75) is 58.3 Å². The van der Waals surface area contributed by atoms with E-state index in [0.717, 1.165) is 35.5 Å². The molecule has 0 saturated carbocycles. The van der Waals surface area contributed by atoms with E-state index in [9.17, 15) is 9.59 Å². The van der Waals surface area contributed by atoms with Crippen molar-refractivity contribution in [1.29, 1.82) is 0 Å². The molecule has 0 spiro atoms. The second-order valence-electron chi connectivity index (χ2n) is 8.74. The van der Waals surface area contributed by atoms with Crippen LogP contribution < -0.4 is 9.47 Å². The van der Waals surface area contributed by atoms with Gasteiger partial charge in [-0.3, -0.25) is 4.79 Å². The number of benzene rings is 3. The summed E-state index contributed by atoms with van der Waals surface area (Å²) in [5.74, 6) is 0.567. The molecule has 35 heavy (non-hydrogen) atoms. The molecule has 0 bridgehead atoms. The number of esters is 1. The van der Waals surface area contributed by atoms with Crippen LogP contribution in [0, 0.1) is 0 Å². The van der Waals surface area contributed by atoms with Gasteiger partial charge in [0.15, 0.2) is 5.12 Å². The van der Waals surface area contributed by atoms with E-state index in [1.54, 1.807) is 43.3 Å². The highest BCUT2D eigenvalue weighted by Gasteiger charge is 2.13. The van der Waals surface area contributed by atoms with Gasteiger partial charge in [0.25, 0.3) is 0 Å². The molecule has 0 amide bonds. The molecule has 0 unspecified atom stereocenters. The van der Waals surface area contributed by atoms with Crippen LogP contribution in [0.15, 0.2) is 72.8 Å². The van der Waals surface area contributed by atoms with E-state index in [2.05, 4.69) is 19.6 Å². The number of thiol groups is 1. The fourth-order valence-corrected chi connectivity index (χ4v) is 3.90. The van der Waals surface area contributed by atoms with Crippen molar-refractivity contribution in [3.05, 3.63) is 83.9 Å². The summed E-state index contributed by atoms with van der Waals surface area (Å²) in [4.78, 5) is 23.9. The minimum absolute atomic E-state index is 0.204. The zero-order valence-corrected chi connectivity index (χ0v) is 21.4. The van der Waals surface area contributed by atoms with Crippen LogP contribution in [0.2, 0.25) is 0 Å². The van der Waals surface area contributed by atoms with Gasteiger partial charge in [0.2, 0.25) is 0 Å². The summed E-state index contributed by atoms with van der Waals surface area (Å²) in [5.41, 5.74) is 3.36. The summed E-state index contributed by atoms with van der Waals surface area (Å²) in [6.07, 6.45) is 7.48. The van der Waals surface area contributed by atoms with Crippen molar-refractivity contribution in [3.8, 4) is 22.6 Å². The molecule has 0 N–H and O–H groups in total. The van der Waals surface area contributed by atoms with Gasteiger partial charge in [-0.15, -0.1) is 12.6 Å². The number of hydrogen-bond acceptors (Lipinski definition) is 4. The lowest BCUT2D eigenvalue weighted by molar-refractivity contribution is -0.111. The van der Waals surface area contributed by atoms with Gasteiger partial charge in [-0.1, -0.05) is 82.3 Å². The first kappa shape index (κ1) is 26.6. The molecule has 3 rings (SSSR count). The summed E-state index contributed by atoms with van der Waals surface area (Å²) >= 11 is 3.87. The number of unbranched alkanes of at least 4 members (excludes halogenated alkanes) is 5. The normalized spacial score (nSPS) is 11.6. The average molecular weight is 491 g/mol. The van der Waals surface area contributed by atoms with E-state index in [-0.39, 0.29) is 11.0 Å². The minimum atomic E-state index is -0.430. The Balaban J connectivity index is 1.50. The number of carbonyl (C=O) groups is 2. The summed E-state index contributed by atoms with van der Waals surface area (Å²) in [5, 5.41) is -0.204. The number of ether oxygens (including phenoxy) is 2. The molecule has 0 aliphatic carbocycles. The minimum Gasteiger partial charge on any atom is -0.494 e. The zero-order valence-electron chi connectivity index (χ0n) is 20.5. The maximum atomic E-state index is 12.5. The first-order valence-corrected chi connectivity index (χ1v) is 12.8. The van der Waals surface area contributed by atoms with E-state index in [1.165, 1.54) is 32.1 Å². The molecular formula is C30H34O4S. The molecule has 4 nitrogen and oxygen atoms in total. The molecule has 0 aliphatic rings. The molecule has 3 aromatic carbocycles. The SMILES string of the molecule is CCCCCCCCOc1ccc(-c2ccc(C(=O)Oc3ccc([C@H](C)C(=O)S)cc3)cc2)cc1. The molecule has 3 aromatic rings. The topological polar surface area (TPSA) is 52.6 Å². The highest BCUT2D eigenvalue weighted by molar-refractivity contribution is 7.96. The van der Waals surface area contributed by atoms with Gasteiger partial charge >= 0.3 is 5.97 Å². The van der Waals surface area contributed by atoms with Crippen LogP contribution in [-0.2, 0) is 4.79 Å². The van der Waals surface area contributed by atoms with Crippen LogP contribution in [0.1, 0.15) is 74.2 Å². The number of carbonyl (C=O) groups excluding carboxylic acids is 2. The second-order valence-corrected chi connectivity index (χ2v) is 9.18. The van der Waals surface area contributed by atoms with Crippen molar-refractivity contribution in [2.24, 2.45) is 0 Å². The molecule has 0 saturated heterocycles. The third-order valence-corrected chi connectivity index (χ3v) is 6.42. The van der Waals surface area contributed by atoms with Crippen LogP contribution in [0.4, 0.5) is 0 Å². The van der Waals surface area contributed by atoms with Gasteiger partial charge in [-0.25, -0.2) is 4.79 Å². The molecule has 184 valence electrons. The van der Waals surface area contributed by atoms with Crippen molar-refractivity contribution in [2.75, 3.05) is 6.61 Å². The summed E-state index contributed by atoms with van der Waals surface area (Å²) in [7, 11) is 0. The molecule has 1 atom stereocenters. The Morgan fingerprint density at radius 2 is 1.29 bits per heavy atom. The predicted octanol–water partition coefficient (Wildman–Crippen LogP) is 7.87. The smallest absolute Gasteiger partial charge is 0.343 e. The highest BCUT2D eigenvalue weighted by atomic mass is 32.1. The van der Waals surface area contributed by atoms with Gasteiger partial charge in [-0.2, -0.15) is 0 Å². The number of rotatable bonds is 13. The molecule has 0 heterocycles. The highest BCUT2D eigenvalue weighted by Crippen LogP contribution is 2.25. The van der Waals surface area contributed by atoms with Crippen LogP contribution >= 0.6 is 12.6 Å². The lowest BCUT2D eigenvalue weighted by Gasteiger charge is -2.10. The van der Waals surface area contributed by atoms with Gasteiger partial charge < -0.3 is 9.47 Å². The second kappa shape index (κ2) is 13.7. The van der Waals surface area contributed by atoms with Crippen molar-refractivity contribution >= 4 is 23.7 Å². The third kappa shape index (κ3) is 8.29. The molecule has 0 aliphatic heterocycles. The van der Waals surface area contributed by atoms with E-state index < -0.39 is 5.97 Å². The largest absolute Gasteiger partial charge is 0.494 e. The molecule has 0 radical (unpaired) electrons. The summed E-state index contributed by atoms with van der Waals surface area (Å²) < 4.78 is 11.3. The standard InChI is InChI=1S/C30H34O4S/c1-3-4-5-6-7-8-21-33-27-17-15-25(16-18-27)24-9-11-26(12-10-24)29(31)34-28-19-13-23(14-20-28)22(2)30(32)35/h9-20,22H,3-8,21H2,1-2H3,(H,32,35)/t22-/m0/s1. The van der Waals surface area contributed by atoms with E-state index in [4.69, 9.17) is 9.47 Å². The Kier molecular flexibility index (Phi) is 10.4. The van der Waals surface area contributed by atoms with E-state index in [1.807, 2.05) is 36.4 Å². The number of hydrogen-bond donors (Lipinski definition) is 1. The lowest BCUT2D eigenvalue weighted by Crippen LogP contribution is -2.08. The molecule has 0 aromatic heterocycles. The Labute approximate surface area is 214 Å². The summed E-state index contributed by atoms with van der Waals surface area (Å²) in [6, 6.07) is 22.3. The van der Waals surface area contributed by atoms with Crippen LogP contribution in [0.5, 0.6) is 11.5 Å². The van der Waals surface area contributed by atoms with Crippen molar-refractivity contribution in [1.82, 2.24) is 0 Å².